The average Bonchev–Trinajstić information content (AvgIpc) is 2.39. The molecule has 0 aliphatic heterocycles. The maximum Gasteiger partial charge on any atom is 0.133 e. The minimum Gasteiger partial charge on any atom is -0.397 e. The van der Waals surface area contributed by atoms with Gasteiger partial charge in [-0.05, 0) is 24.6 Å². The smallest absolute Gasteiger partial charge is 0.133 e. The number of fused-ring (bicyclic) bond motifs is 1. The van der Waals surface area contributed by atoms with E-state index in [-0.39, 0.29) is 0 Å². The number of methoxy groups -OCH3 is 1. The van der Waals surface area contributed by atoms with Gasteiger partial charge in [-0.1, -0.05) is 11.6 Å². The summed E-state index contributed by atoms with van der Waals surface area (Å²) in [5, 5.41) is 5.75. The second kappa shape index (κ2) is 5.89. The second-order valence-electron chi connectivity index (χ2n) is 3.99. The van der Waals surface area contributed by atoms with Crippen LogP contribution in [-0.4, -0.2) is 25.2 Å². The van der Waals surface area contributed by atoms with Crippen LogP contribution in [-0.2, 0) is 4.74 Å². The van der Waals surface area contributed by atoms with Gasteiger partial charge in [0, 0.05) is 37.2 Å². The lowest BCUT2D eigenvalue weighted by Gasteiger charge is -2.10. The monoisotopic (exact) mass is 265 g/mol. The van der Waals surface area contributed by atoms with E-state index in [1.807, 2.05) is 12.1 Å². The molecule has 4 nitrogen and oxygen atoms in total. The third-order valence-electron chi connectivity index (χ3n) is 2.75. The van der Waals surface area contributed by atoms with Crippen molar-refractivity contribution in [1.29, 1.82) is 0 Å². The SMILES string of the molecule is COCCCNc1nccc2c(N)c(Cl)ccc12. The topological polar surface area (TPSA) is 60.2 Å². The summed E-state index contributed by atoms with van der Waals surface area (Å²) in [5.74, 6) is 0.826. The first kappa shape index (κ1) is 12.9. The number of ether oxygens (including phenoxy) is 1. The molecule has 5 heteroatoms. The van der Waals surface area contributed by atoms with Gasteiger partial charge < -0.3 is 15.8 Å². The van der Waals surface area contributed by atoms with Crippen LogP contribution in [0.3, 0.4) is 0 Å². The second-order valence-corrected chi connectivity index (χ2v) is 4.40. The highest BCUT2D eigenvalue weighted by Crippen LogP contribution is 2.31. The summed E-state index contributed by atoms with van der Waals surface area (Å²) in [4.78, 5) is 4.32. The van der Waals surface area contributed by atoms with Crippen LogP contribution in [0.1, 0.15) is 6.42 Å². The van der Waals surface area contributed by atoms with Crippen molar-refractivity contribution >= 4 is 33.9 Å². The van der Waals surface area contributed by atoms with E-state index in [2.05, 4.69) is 10.3 Å². The van der Waals surface area contributed by atoms with Gasteiger partial charge in [0.05, 0.1) is 10.7 Å². The molecule has 1 heterocycles. The fourth-order valence-electron chi connectivity index (χ4n) is 1.82. The maximum absolute atomic E-state index is 6.00. The molecule has 0 radical (unpaired) electrons. The zero-order chi connectivity index (χ0) is 13.0. The summed E-state index contributed by atoms with van der Waals surface area (Å²) in [5.41, 5.74) is 6.55. The highest BCUT2D eigenvalue weighted by atomic mass is 35.5. The van der Waals surface area contributed by atoms with Crippen molar-refractivity contribution in [1.82, 2.24) is 4.98 Å². The lowest BCUT2D eigenvalue weighted by Crippen LogP contribution is -2.06. The quantitative estimate of drug-likeness (QED) is 0.645. The summed E-state index contributed by atoms with van der Waals surface area (Å²) in [6, 6.07) is 5.60. The molecule has 0 aliphatic carbocycles. The Hall–Kier alpha value is -1.52. The van der Waals surface area contributed by atoms with E-state index in [4.69, 9.17) is 22.1 Å². The molecule has 18 heavy (non-hydrogen) atoms. The summed E-state index contributed by atoms with van der Waals surface area (Å²) in [7, 11) is 1.69. The molecular formula is C13H16ClN3O. The number of anilines is 2. The molecule has 0 bridgehead atoms. The summed E-state index contributed by atoms with van der Waals surface area (Å²) in [6.45, 7) is 1.54. The number of halogens is 1. The van der Waals surface area contributed by atoms with Crippen LogP contribution in [0.25, 0.3) is 10.8 Å². The van der Waals surface area contributed by atoms with Crippen LogP contribution < -0.4 is 11.1 Å². The summed E-state index contributed by atoms with van der Waals surface area (Å²) >= 11 is 6.00. The van der Waals surface area contributed by atoms with E-state index in [9.17, 15) is 0 Å². The van der Waals surface area contributed by atoms with E-state index in [1.165, 1.54) is 0 Å². The zero-order valence-corrected chi connectivity index (χ0v) is 11.0. The predicted octanol–water partition coefficient (Wildman–Crippen LogP) is 2.92. The fraction of sp³-hybridized carbons (Fsp3) is 0.308. The minimum absolute atomic E-state index is 0.569. The molecule has 0 fully saturated rings. The third-order valence-corrected chi connectivity index (χ3v) is 3.08. The number of benzene rings is 1. The normalized spacial score (nSPS) is 10.8. The van der Waals surface area contributed by atoms with Crippen molar-refractivity contribution in [2.24, 2.45) is 0 Å². The largest absolute Gasteiger partial charge is 0.397 e. The Labute approximate surface area is 111 Å². The van der Waals surface area contributed by atoms with Gasteiger partial charge in [0.2, 0.25) is 0 Å². The Morgan fingerprint density at radius 3 is 2.94 bits per heavy atom. The van der Waals surface area contributed by atoms with Gasteiger partial charge >= 0.3 is 0 Å². The van der Waals surface area contributed by atoms with Crippen molar-refractivity contribution in [3.8, 4) is 0 Å². The molecule has 0 amide bonds. The van der Waals surface area contributed by atoms with E-state index >= 15 is 0 Å². The van der Waals surface area contributed by atoms with Crippen LogP contribution in [0.5, 0.6) is 0 Å². The molecule has 2 aromatic rings. The van der Waals surface area contributed by atoms with E-state index in [0.29, 0.717) is 10.7 Å². The van der Waals surface area contributed by atoms with Crippen molar-refractivity contribution in [3.63, 3.8) is 0 Å². The van der Waals surface area contributed by atoms with Gasteiger partial charge in [-0.25, -0.2) is 4.98 Å². The standard InChI is InChI=1S/C13H16ClN3O/c1-18-8-2-6-16-13-10-3-4-11(14)12(15)9(10)5-7-17-13/h3-5,7H,2,6,8,15H2,1H3,(H,16,17). The van der Waals surface area contributed by atoms with E-state index in [1.54, 1.807) is 19.4 Å². The van der Waals surface area contributed by atoms with E-state index < -0.39 is 0 Å². The summed E-state index contributed by atoms with van der Waals surface area (Å²) in [6.07, 6.45) is 2.66. The van der Waals surface area contributed by atoms with Crippen molar-refractivity contribution < 1.29 is 4.74 Å². The van der Waals surface area contributed by atoms with Gasteiger partial charge in [0.25, 0.3) is 0 Å². The molecule has 0 saturated heterocycles. The van der Waals surface area contributed by atoms with Gasteiger partial charge in [-0.2, -0.15) is 0 Å². The third kappa shape index (κ3) is 2.66. The molecule has 1 aromatic carbocycles. The van der Waals surface area contributed by atoms with Crippen molar-refractivity contribution in [2.75, 3.05) is 31.3 Å². The van der Waals surface area contributed by atoms with Crippen LogP contribution in [0.4, 0.5) is 11.5 Å². The van der Waals surface area contributed by atoms with Crippen LogP contribution >= 0.6 is 11.6 Å². The fourth-order valence-corrected chi connectivity index (χ4v) is 1.98. The minimum atomic E-state index is 0.569. The number of aromatic nitrogens is 1. The Balaban J connectivity index is 2.26. The van der Waals surface area contributed by atoms with Gasteiger partial charge in [-0.3, -0.25) is 0 Å². The first-order valence-corrected chi connectivity index (χ1v) is 6.17. The van der Waals surface area contributed by atoms with Crippen LogP contribution in [0.2, 0.25) is 5.02 Å². The molecule has 96 valence electrons. The number of nitrogens with two attached hydrogens (primary N) is 1. The molecule has 1 aromatic heterocycles. The Bertz CT molecular complexity index is 545. The summed E-state index contributed by atoms with van der Waals surface area (Å²) < 4.78 is 5.00. The van der Waals surface area contributed by atoms with Crippen LogP contribution in [0, 0.1) is 0 Å². The Morgan fingerprint density at radius 2 is 2.17 bits per heavy atom. The van der Waals surface area contributed by atoms with Crippen molar-refractivity contribution in [2.45, 2.75) is 6.42 Å². The number of nitrogens with zero attached hydrogens (tertiary/aromatic N) is 1. The van der Waals surface area contributed by atoms with E-state index in [0.717, 1.165) is 36.2 Å². The lowest BCUT2D eigenvalue weighted by molar-refractivity contribution is 0.198. The highest BCUT2D eigenvalue weighted by Gasteiger charge is 2.06. The first-order valence-electron chi connectivity index (χ1n) is 5.79. The number of hydrogen-bond acceptors (Lipinski definition) is 4. The Kier molecular flexibility index (Phi) is 4.23. The zero-order valence-electron chi connectivity index (χ0n) is 10.2. The number of rotatable bonds is 5. The lowest BCUT2D eigenvalue weighted by atomic mass is 10.1. The molecule has 0 saturated carbocycles. The molecule has 0 spiro atoms. The van der Waals surface area contributed by atoms with Crippen molar-refractivity contribution in [3.05, 3.63) is 29.4 Å². The maximum atomic E-state index is 6.00. The predicted molar refractivity (Wildman–Crippen MR) is 76.1 cm³/mol. The Morgan fingerprint density at radius 1 is 1.33 bits per heavy atom. The number of hydrogen-bond donors (Lipinski definition) is 2. The van der Waals surface area contributed by atoms with Crippen LogP contribution in [0.15, 0.2) is 24.4 Å². The van der Waals surface area contributed by atoms with Gasteiger partial charge in [-0.15, -0.1) is 0 Å². The molecule has 0 unspecified atom stereocenters. The molecular weight excluding hydrogens is 250 g/mol. The van der Waals surface area contributed by atoms with Gasteiger partial charge in [0.15, 0.2) is 0 Å². The van der Waals surface area contributed by atoms with Gasteiger partial charge in [0.1, 0.15) is 5.82 Å². The first-order chi connectivity index (χ1) is 8.74. The molecule has 2 rings (SSSR count). The number of nitrogens with one attached hydrogen (secondary N) is 1. The number of pyridine rings is 1. The molecule has 3 N–H and O–H groups in total. The molecule has 0 atom stereocenters. The average molecular weight is 266 g/mol. The highest BCUT2D eigenvalue weighted by molar-refractivity contribution is 6.34. The molecule has 0 aliphatic rings. The number of nitrogen functional groups attached to an aromatic ring is 1.